The number of nitrogens with one attached hydrogen (secondary N) is 1. The first kappa shape index (κ1) is 16.3. The maximum absolute atomic E-state index is 12.6. The van der Waals surface area contributed by atoms with Crippen molar-refractivity contribution in [3.8, 4) is 0 Å². The van der Waals surface area contributed by atoms with E-state index in [4.69, 9.17) is 17.3 Å². The van der Waals surface area contributed by atoms with Gasteiger partial charge in [0.25, 0.3) is 0 Å². The summed E-state index contributed by atoms with van der Waals surface area (Å²) in [5.41, 5.74) is 6.42. The van der Waals surface area contributed by atoms with Gasteiger partial charge in [0.2, 0.25) is 5.91 Å². The summed E-state index contributed by atoms with van der Waals surface area (Å²) >= 11 is 6.01. The van der Waals surface area contributed by atoms with Gasteiger partial charge in [0.1, 0.15) is 0 Å². The van der Waals surface area contributed by atoms with Crippen LogP contribution < -0.4 is 11.1 Å². The zero-order valence-electron chi connectivity index (χ0n) is 12.9. The van der Waals surface area contributed by atoms with Crippen LogP contribution in [0.3, 0.4) is 0 Å². The summed E-state index contributed by atoms with van der Waals surface area (Å²) in [5.74, 6) is 0.531. The van der Waals surface area contributed by atoms with E-state index in [0.29, 0.717) is 23.9 Å². The van der Waals surface area contributed by atoms with Crippen LogP contribution in [0.2, 0.25) is 5.02 Å². The van der Waals surface area contributed by atoms with Crippen LogP contribution in [-0.2, 0) is 11.2 Å². The van der Waals surface area contributed by atoms with Crippen molar-refractivity contribution in [2.24, 2.45) is 17.1 Å². The van der Waals surface area contributed by atoms with Crippen LogP contribution in [0.4, 0.5) is 0 Å². The Balaban J connectivity index is 1.99. The second-order valence-electron chi connectivity index (χ2n) is 6.70. The topological polar surface area (TPSA) is 55.1 Å². The van der Waals surface area contributed by atoms with Crippen molar-refractivity contribution in [2.75, 3.05) is 6.54 Å². The third kappa shape index (κ3) is 4.21. The number of benzene rings is 1. The van der Waals surface area contributed by atoms with Crippen LogP contribution in [0.5, 0.6) is 0 Å². The Hall–Kier alpha value is -1.06. The normalized spacial score (nSPS) is 22.3. The molecule has 1 aromatic carbocycles. The second kappa shape index (κ2) is 6.80. The Labute approximate surface area is 132 Å². The van der Waals surface area contributed by atoms with Gasteiger partial charge in [-0.25, -0.2) is 0 Å². The molecule has 0 radical (unpaired) electrons. The van der Waals surface area contributed by atoms with Gasteiger partial charge in [0.05, 0.1) is 0 Å². The van der Waals surface area contributed by atoms with Crippen molar-refractivity contribution in [1.29, 1.82) is 0 Å². The Bertz CT molecular complexity index is 501. The van der Waals surface area contributed by atoms with Crippen LogP contribution in [0.15, 0.2) is 24.3 Å². The molecule has 1 aromatic rings. The van der Waals surface area contributed by atoms with Crippen LogP contribution in [0, 0.1) is 11.3 Å². The van der Waals surface area contributed by atoms with Gasteiger partial charge in [-0.2, -0.15) is 0 Å². The van der Waals surface area contributed by atoms with Gasteiger partial charge < -0.3 is 11.1 Å². The number of carbonyl (C=O) groups excluding carboxylic acids is 1. The van der Waals surface area contributed by atoms with E-state index in [0.717, 1.165) is 24.8 Å². The molecule has 1 amide bonds. The molecule has 2 atom stereocenters. The lowest BCUT2D eigenvalue weighted by Gasteiger charge is -2.28. The highest BCUT2D eigenvalue weighted by Crippen LogP contribution is 2.28. The van der Waals surface area contributed by atoms with E-state index in [1.165, 1.54) is 0 Å². The van der Waals surface area contributed by atoms with Crippen LogP contribution in [0.1, 0.15) is 38.7 Å². The summed E-state index contributed by atoms with van der Waals surface area (Å²) in [6, 6.07) is 7.95. The first-order chi connectivity index (χ1) is 9.92. The number of amides is 1. The molecular formula is C17H25ClN2O. The molecule has 1 aliphatic rings. The monoisotopic (exact) mass is 308 g/mol. The SMILES string of the molecule is CC(C)(Cc1cccc(Cl)c1)C(=O)NC1CCCC1CN. The van der Waals surface area contributed by atoms with Crippen LogP contribution in [0.25, 0.3) is 0 Å². The summed E-state index contributed by atoms with van der Waals surface area (Å²) in [6.45, 7) is 4.62. The van der Waals surface area contributed by atoms with Gasteiger partial charge >= 0.3 is 0 Å². The van der Waals surface area contributed by atoms with Gasteiger partial charge in [-0.05, 0) is 49.4 Å². The maximum Gasteiger partial charge on any atom is 0.226 e. The summed E-state index contributed by atoms with van der Waals surface area (Å²) in [4.78, 5) is 12.6. The Kier molecular flexibility index (Phi) is 5.28. The third-order valence-electron chi connectivity index (χ3n) is 4.43. The van der Waals surface area contributed by atoms with Gasteiger partial charge in [0.15, 0.2) is 0 Å². The standard InChI is InChI=1S/C17H25ClN2O/c1-17(2,10-12-5-3-7-14(18)9-12)16(21)20-15-8-4-6-13(15)11-19/h3,5,7,9,13,15H,4,6,8,10-11,19H2,1-2H3,(H,20,21). The lowest BCUT2D eigenvalue weighted by atomic mass is 9.84. The van der Waals surface area contributed by atoms with Crippen molar-refractivity contribution < 1.29 is 4.79 Å². The predicted molar refractivity (Wildman–Crippen MR) is 87.3 cm³/mol. The fourth-order valence-electron chi connectivity index (χ4n) is 3.11. The van der Waals surface area contributed by atoms with E-state index in [1.54, 1.807) is 0 Å². The minimum absolute atomic E-state index is 0.104. The van der Waals surface area contributed by atoms with Crippen LogP contribution in [-0.4, -0.2) is 18.5 Å². The Morgan fingerprint density at radius 1 is 1.43 bits per heavy atom. The largest absolute Gasteiger partial charge is 0.353 e. The van der Waals surface area contributed by atoms with E-state index >= 15 is 0 Å². The number of rotatable bonds is 5. The first-order valence-electron chi connectivity index (χ1n) is 7.68. The molecular weight excluding hydrogens is 284 g/mol. The van der Waals surface area contributed by atoms with E-state index < -0.39 is 5.41 Å². The number of carbonyl (C=O) groups is 1. The Morgan fingerprint density at radius 2 is 2.19 bits per heavy atom. The minimum atomic E-state index is -0.452. The number of halogens is 1. The molecule has 116 valence electrons. The average molecular weight is 309 g/mol. The van der Waals surface area contributed by atoms with Gasteiger partial charge in [0, 0.05) is 16.5 Å². The highest BCUT2D eigenvalue weighted by molar-refractivity contribution is 6.30. The third-order valence-corrected chi connectivity index (χ3v) is 4.66. The van der Waals surface area contributed by atoms with E-state index in [-0.39, 0.29) is 11.9 Å². The molecule has 21 heavy (non-hydrogen) atoms. The average Bonchev–Trinajstić information content (AvgIpc) is 2.85. The predicted octanol–water partition coefficient (Wildman–Crippen LogP) is 3.15. The molecule has 3 N–H and O–H groups in total. The lowest BCUT2D eigenvalue weighted by molar-refractivity contribution is -0.130. The van der Waals surface area contributed by atoms with Gasteiger partial charge in [-0.1, -0.05) is 44.0 Å². The van der Waals surface area contributed by atoms with Gasteiger partial charge in [-0.15, -0.1) is 0 Å². The molecule has 0 aliphatic heterocycles. The first-order valence-corrected chi connectivity index (χ1v) is 8.05. The van der Waals surface area contributed by atoms with E-state index in [1.807, 2.05) is 38.1 Å². The molecule has 1 fully saturated rings. The molecule has 0 heterocycles. The molecule has 0 bridgehead atoms. The van der Waals surface area contributed by atoms with E-state index in [9.17, 15) is 4.79 Å². The summed E-state index contributed by atoms with van der Waals surface area (Å²) in [6.07, 6.45) is 4.00. The fourth-order valence-corrected chi connectivity index (χ4v) is 3.32. The van der Waals surface area contributed by atoms with Crippen molar-refractivity contribution in [2.45, 2.75) is 45.6 Å². The summed E-state index contributed by atoms with van der Waals surface area (Å²) in [5, 5.41) is 3.91. The number of nitrogens with two attached hydrogens (primary N) is 1. The molecule has 1 saturated carbocycles. The zero-order valence-corrected chi connectivity index (χ0v) is 13.6. The lowest BCUT2D eigenvalue weighted by Crippen LogP contribution is -2.46. The van der Waals surface area contributed by atoms with E-state index in [2.05, 4.69) is 5.32 Å². The molecule has 0 spiro atoms. The highest BCUT2D eigenvalue weighted by Gasteiger charge is 2.33. The van der Waals surface area contributed by atoms with Crippen molar-refractivity contribution in [1.82, 2.24) is 5.32 Å². The Morgan fingerprint density at radius 3 is 2.86 bits per heavy atom. The maximum atomic E-state index is 12.6. The van der Waals surface area contributed by atoms with Gasteiger partial charge in [-0.3, -0.25) is 4.79 Å². The van der Waals surface area contributed by atoms with Crippen LogP contribution >= 0.6 is 11.6 Å². The molecule has 1 aliphatic carbocycles. The highest BCUT2D eigenvalue weighted by atomic mass is 35.5. The zero-order chi connectivity index (χ0) is 15.5. The number of hydrogen-bond donors (Lipinski definition) is 2. The van der Waals surface area contributed by atoms with Crippen molar-refractivity contribution >= 4 is 17.5 Å². The molecule has 2 unspecified atom stereocenters. The van der Waals surface area contributed by atoms with Crippen molar-refractivity contribution in [3.05, 3.63) is 34.9 Å². The molecule has 3 nitrogen and oxygen atoms in total. The minimum Gasteiger partial charge on any atom is -0.353 e. The number of hydrogen-bond acceptors (Lipinski definition) is 2. The molecule has 0 saturated heterocycles. The summed E-state index contributed by atoms with van der Waals surface area (Å²) in [7, 11) is 0. The molecule has 2 rings (SSSR count). The quantitative estimate of drug-likeness (QED) is 0.878. The smallest absolute Gasteiger partial charge is 0.226 e. The molecule has 4 heteroatoms. The summed E-state index contributed by atoms with van der Waals surface area (Å²) < 4.78 is 0. The van der Waals surface area contributed by atoms with Crippen molar-refractivity contribution in [3.63, 3.8) is 0 Å². The molecule has 0 aromatic heterocycles. The second-order valence-corrected chi connectivity index (χ2v) is 7.13. The fraction of sp³-hybridized carbons (Fsp3) is 0.588.